The topological polar surface area (TPSA) is 310 Å². The molecule has 0 spiro atoms. The number of thioether (sulfide) groups is 1. The second-order valence-corrected chi connectivity index (χ2v) is 18.7. The maximum atomic E-state index is 13.5. The van der Waals surface area contributed by atoms with Crippen molar-refractivity contribution in [1.29, 1.82) is 0 Å². The third kappa shape index (κ3) is 20.3. The van der Waals surface area contributed by atoms with Gasteiger partial charge in [-0.1, -0.05) is 49.9 Å². The quantitative estimate of drug-likeness (QED) is 0.0404. The molecule has 4 atom stereocenters. The number of nitrogens with zero attached hydrogens (tertiary/aromatic N) is 2. The number of fused-ring (bicyclic) bond motifs is 2. The molecule has 2 heterocycles. The lowest BCUT2D eigenvalue weighted by Crippen LogP contribution is -2.52. The molecule has 1 aliphatic rings. The van der Waals surface area contributed by atoms with Gasteiger partial charge in [-0.25, -0.2) is 0 Å². The standard InChI is InChI=1S/C48H60N6O12S.C2HF3O2/c1-29(2)33(26-40(57)34(19-20-44(59)60)51-48(66)36(28-46(63)64)50-30(3)55)47(65)52-35(27-45(61)62)39(56)16-12-22-49-42(58)18-6-5-11-23-54-24-21-31(32-13-7-8-14-37(32)54)25-43-53(4)38-15-9-10-17-41(38)67-43;3-2(4,5)1(6)7/h7-10,13-15,17,21,24-25,29,33-36H,5-6,11-12,16,18-20,22-23,26-28H2,1-4H3,(H6-,49,50,51,52,55,58,59,60,61,62,63,64,65,66);(H,6,7)/t33-,34-,35-,36-;/m0./s1. The highest BCUT2D eigenvalue weighted by molar-refractivity contribution is 8.03. The molecular formula is C50H61F3N6O14S. The van der Waals surface area contributed by atoms with Crippen LogP contribution < -0.4 is 35.8 Å². The number of carbonyl (C=O) groups is 10. The summed E-state index contributed by atoms with van der Waals surface area (Å²) < 4.78 is 33.8. The molecule has 3 aromatic rings. The fourth-order valence-corrected chi connectivity index (χ4v) is 8.78. The van der Waals surface area contributed by atoms with Crippen LogP contribution in [-0.4, -0.2) is 112 Å². The van der Waals surface area contributed by atoms with Crippen LogP contribution in [0.4, 0.5) is 18.9 Å². The van der Waals surface area contributed by atoms with Crippen LogP contribution >= 0.6 is 11.8 Å². The normalized spacial score (nSPS) is 14.1. The van der Waals surface area contributed by atoms with E-state index >= 15 is 0 Å². The number of ketones is 2. The van der Waals surface area contributed by atoms with Crippen LogP contribution in [0.1, 0.15) is 97.0 Å². The van der Waals surface area contributed by atoms with Gasteiger partial charge in [0.25, 0.3) is 0 Å². The number of anilines is 1. The highest BCUT2D eigenvalue weighted by Gasteiger charge is 2.34. The minimum absolute atomic E-state index is 0.144. The Labute approximate surface area is 428 Å². The van der Waals surface area contributed by atoms with Crippen molar-refractivity contribution in [2.24, 2.45) is 11.8 Å². The van der Waals surface area contributed by atoms with Gasteiger partial charge in [-0.3, -0.25) is 43.2 Å². The average Bonchev–Trinajstić information content (AvgIpc) is 3.63. The molecule has 2 aromatic carbocycles. The van der Waals surface area contributed by atoms with Crippen molar-refractivity contribution in [2.45, 2.75) is 127 Å². The summed E-state index contributed by atoms with van der Waals surface area (Å²) in [5.74, 6) is -12.9. The van der Waals surface area contributed by atoms with Crippen LogP contribution in [0, 0.1) is 11.8 Å². The Hall–Kier alpha value is -7.37. The van der Waals surface area contributed by atoms with Crippen LogP contribution in [0.25, 0.3) is 17.0 Å². The summed E-state index contributed by atoms with van der Waals surface area (Å²) in [6, 6.07) is 14.2. The van der Waals surface area contributed by atoms with Gasteiger partial charge in [0.05, 0.1) is 41.0 Å². The number of hydrogen-bond acceptors (Lipinski definition) is 13. The molecule has 0 unspecified atom stereocenters. The van der Waals surface area contributed by atoms with Crippen molar-refractivity contribution in [3.05, 3.63) is 71.4 Å². The van der Waals surface area contributed by atoms with Gasteiger partial charge in [0.1, 0.15) is 18.6 Å². The maximum Gasteiger partial charge on any atom is 0.430 e. The Morgan fingerprint density at radius 2 is 1.35 bits per heavy atom. The average molecular weight is 1060 g/mol. The molecule has 0 bridgehead atoms. The second kappa shape index (κ2) is 29.4. The van der Waals surface area contributed by atoms with Crippen molar-refractivity contribution >= 4 is 93.5 Å². The molecule has 7 N–H and O–H groups in total. The Kier molecular flexibility index (Phi) is 24.2. The molecule has 1 aliphatic heterocycles. The lowest BCUT2D eigenvalue weighted by Gasteiger charge is -2.26. The van der Waals surface area contributed by atoms with Crippen molar-refractivity contribution < 1.29 is 86.1 Å². The van der Waals surface area contributed by atoms with Gasteiger partial charge in [0.15, 0.2) is 17.8 Å². The number of amides is 4. The van der Waals surface area contributed by atoms with E-state index in [1.807, 2.05) is 24.3 Å². The fraction of sp³-hybridized carbons (Fsp3) is 0.460. The number of aliphatic carboxylic acids is 4. The molecule has 74 heavy (non-hydrogen) atoms. The largest absolute Gasteiger partial charge is 0.542 e. The van der Waals surface area contributed by atoms with E-state index in [4.69, 9.17) is 9.90 Å². The summed E-state index contributed by atoms with van der Waals surface area (Å²) in [4.78, 5) is 124. The van der Waals surface area contributed by atoms with Crippen LogP contribution in [0.5, 0.6) is 0 Å². The number of carboxylic acid groups (broad SMARTS) is 4. The summed E-state index contributed by atoms with van der Waals surface area (Å²) in [7, 11) is 2.07. The van der Waals surface area contributed by atoms with Crippen molar-refractivity contribution in [3.8, 4) is 0 Å². The second-order valence-electron chi connectivity index (χ2n) is 17.6. The highest BCUT2D eigenvalue weighted by Crippen LogP contribution is 2.45. The number of alkyl halides is 3. The number of aromatic nitrogens is 1. The van der Waals surface area contributed by atoms with Crippen molar-refractivity contribution in [2.75, 3.05) is 18.5 Å². The molecular weight excluding hydrogens is 998 g/mol. The third-order valence-electron chi connectivity index (χ3n) is 11.5. The van der Waals surface area contributed by atoms with Crippen LogP contribution in [0.2, 0.25) is 0 Å². The highest BCUT2D eigenvalue weighted by atomic mass is 32.2. The predicted octanol–water partition coefficient (Wildman–Crippen LogP) is 3.51. The van der Waals surface area contributed by atoms with E-state index < -0.39 is 121 Å². The number of halogens is 3. The van der Waals surface area contributed by atoms with Gasteiger partial charge in [0.2, 0.25) is 29.1 Å². The van der Waals surface area contributed by atoms with Gasteiger partial charge < -0.3 is 51.4 Å². The summed E-state index contributed by atoms with van der Waals surface area (Å²) in [5, 5.41) is 48.8. The zero-order valence-corrected chi connectivity index (χ0v) is 42.0. The predicted molar refractivity (Wildman–Crippen MR) is 260 cm³/mol. The van der Waals surface area contributed by atoms with Crippen molar-refractivity contribution in [1.82, 2.24) is 21.3 Å². The van der Waals surface area contributed by atoms with Gasteiger partial charge >= 0.3 is 24.1 Å². The zero-order valence-electron chi connectivity index (χ0n) is 41.2. The van der Waals surface area contributed by atoms with Crippen LogP contribution in [0.3, 0.4) is 0 Å². The first-order chi connectivity index (χ1) is 34.8. The minimum Gasteiger partial charge on any atom is -0.542 e. The number of carbonyl (C=O) groups excluding carboxylic acids is 7. The first kappa shape index (κ1) is 60.9. The first-order valence-electron chi connectivity index (χ1n) is 23.6. The Bertz CT molecular complexity index is 2560. The Morgan fingerprint density at radius 3 is 1.96 bits per heavy atom. The molecule has 1 aromatic heterocycles. The fourth-order valence-electron chi connectivity index (χ4n) is 7.68. The number of aryl methyl sites for hydroxylation is 1. The smallest absolute Gasteiger partial charge is 0.430 e. The monoisotopic (exact) mass is 1060 g/mol. The molecule has 0 radical (unpaired) electrons. The number of Topliss-reactive ketones (excluding diaryl/α,β-unsaturated/α-hetero) is 2. The van der Waals surface area contributed by atoms with Gasteiger partial charge in [0, 0.05) is 75.6 Å². The maximum absolute atomic E-state index is 13.5. The van der Waals surface area contributed by atoms with Crippen LogP contribution in [0.15, 0.2) is 70.7 Å². The number of nitrogens with one attached hydrogen (secondary N) is 4. The summed E-state index contributed by atoms with van der Waals surface area (Å²) in [6.07, 6.45) is -1.38. The number of para-hydroxylation sites is 2. The molecule has 20 nitrogen and oxygen atoms in total. The number of rotatable bonds is 28. The minimum atomic E-state index is -5.19. The van der Waals surface area contributed by atoms with Gasteiger partial charge in [-0.05, 0) is 61.4 Å². The van der Waals surface area contributed by atoms with E-state index in [0.717, 1.165) is 47.8 Å². The zero-order chi connectivity index (χ0) is 55.3. The van der Waals surface area contributed by atoms with E-state index in [1.54, 1.807) is 25.6 Å². The SMILES string of the molecule is CC(=O)N[C@@H](CC(=O)O)C(=O)N[C@@H](CCC(=O)O)C(=O)C[C@H](C(=O)N[C@@H](CC(=O)O)C(=O)CCCNC(=O)CCCCC[n+]1ccc(C=C2Sc3ccccc3N2C)c2ccccc21)C(C)C.O=C([O-])C(F)(F)F. The van der Waals surface area contributed by atoms with E-state index in [1.165, 1.54) is 10.6 Å². The molecule has 0 fully saturated rings. The van der Waals surface area contributed by atoms with E-state index in [2.05, 4.69) is 80.4 Å². The number of hydrogen-bond donors (Lipinski definition) is 7. The number of pyridine rings is 1. The van der Waals surface area contributed by atoms with Gasteiger partial charge in [-0.15, -0.1) is 0 Å². The first-order valence-corrected chi connectivity index (χ1v) is 24.4. The molecule has 0 saturated carbocycles. The summed E-state index contributed by atoms with van der Waals surface area (Å²) >= 11 is 1.75. The van der Waals surface area contributed by atoms with Crippen LogP contribution in [-0.2, 0) is 54.5 Å². The number of unbranched alkanes of at least 4 members (excludes halogenated alkanes) is 2. The summed E-state index contributed by atoms with van der Waals surface area (Å²) in [6.45, 7) is 5.18. The summed E-state index contributed by atoms with van der Waals surface area (Å²) in [5.41, 5.74) is 3.43. The lowest BCUT2D eigenvalue weighted by molar-refractivity contribution is -0.671. The molecule has 4 rings (SSSR count). The molecule has 0 saturated heterocycles. The van der Waals surface area contributed by atoms with E-state index in [0.29, 0.717) is 6.42 Å². The van der Waals surface area contributed by atoms with E-state index in [-0.39, 0.29) is 31.7 Å². The number of benzene rings is 2. The third-order valence-corrected chi connectivity index (χ3v) is 12.7. The molecule has 0 aliphatic carbocycles. The number of carboxylic acids is 4. The van der Waals surface area contributed by atoms with Crippen molar-refractivity contribution in [3.63, 3.8) is 0 Å². The molecule has 4 amide bonds. The van der Waals surface area contributed by atoms with Gasteiger partial charge in [-0.2, -0.15) is 17.7 Å². The lowest BCUT2D eigenvalue weighted by atomic mass is 9.86. The molecule has 24 heteroatoms. The Morgan fingerprint density at radius 1 is 0.730 bits per heavy atom. The molecule has 402 valence electrons. The van der Waals surface area contributed by atoms with E-state index in [9.17, 15) is 71.6 Å². The Balaban J connectivity index is 0.00000192.